The molecule has 0 aliphatic carbocycles. The Kier molecular flexibility index (Phi) is 6.89. The predicted octanol–water partition coefficient (Wildman–Crippen LogP) is 2.82. The van der Waals surface area contributed by atoms with Gasteiger partial charge < -0.3 is 15.2 Å². The van der Waals surface area contributed by atoms with E-state index in [2.05, 4.69) is 25.2 Å². The normalized spacial score (nSPS) is 14.2. The van der Waals surface area contributed by atoms with Crippen LogP contribution in [0.4, 0.5) is 0 Å². The van der Waals surface area contributed by atoms with Crippen molar-refractivity contribution in [3.63, 3.8) is 0 Å². The molecule has 3 nitrogen and oxygen atoms in total. The number of nitrogens with one attached hydrogen (secondary N) is 1. The minimum atomic E-state index is -0.472. The molecule has 2 unspecified atom stereocenters. The van der Waals surface area contributed by atoms with E-state index in [4.69, 9.17) is 4.74 Å². The van der Waals surface area contributed by atoms with Crippen LogP contribution >= 0.6 is 0 Å². The van der Waals surface area contributed by atoms with Gasteiger partial charge in [0.1, 0.15) is 18.5 Å². The standard InChI is InChI=1S/C16H27NO2/c1-5-6-14(4)17-10-15(18)11-19-16-8-12(2)7-13(3)9-16/h7-9,14-15,17-18H,5-6,10-11H2,1-4H3. The van der Waals surface area contributed by atoms with Crippen LogP contribution in [0.2, 0.25) is 0 Å². The van der Waals surface area contributed by atoms with Crippen LogP contribution in [0.25, 0.3) is 0 Å². The summed E-state index contributed by atoms with van der Waals surface area (Å²) in [4.78, 5) is 0. The van der Waals surface area contributed by atoms with Crippen molar-refractivity contribution >= 4 is 0 Å². The van der Waals surface area contributed by atoms with Crippen molar-refractivity contribution in [2.45, 2.75) is 52.7 Å². The first-order valence-electron chi connectivity index (χ1n) is 7.13. The van der Waals surface area contributed by atoms with Crippen LogP contribution in [-0.4, -0.2) is 30.4 Å². The van der Waals surface area contributed by atoms with Gasteiger partial charge in [-0.3, -0.25) is 0 Å². The Morgan fingerprint density at radius 2 is 1.84 bits per heavy atom. The highest BCUT2D eigenvalue weighted by atomic mass is 16.5. The zero-order valence-electron chi connectivity index (χ0n) is 12.6. The monoisotopic (exact) mass is 265 g/mol. The molecule has 0 fully saturated rings. The first-order chi connectivity index (χ1) is 9.01. The number of rotatable bonds is 8. The molecule has 0 aliphatic heterocycles. The molecule has 1 rings (SSSR count). The second kappa shape index (κ2) is 8.18. The molecule has 0 saturated heterocycles. The predicted molar refractivity (Wildman–Crippen MR) is 79.8 cm³/mol. The van der Waals surface area contributed by atoms with Gasteiger partial charge in [-0.25, -0.2) is 0 Å². The van der Waals surface area contributed by atoms with Crippen LogP contribution in [-0.2, 0) is 0 Å². The summed E-state index contributed by atoms with van der Waals surface area (Å²) >= 11 is 0. The van der Waals surface area contributed by atoms with Crippen molar-refractivity contribution in [3.05, 3.63) is 29.3 Å². The van der Waals surface area contributed by atoms with Gasteiger partial charge in [-0.1, -0.05) is 19.4 Å². The summed E-state index contributed by atoms with van der Waals surface area (Å²) in [6, 6.07) is 6.54. The van der Waals surface area contributed by atoms with Gasteiger partial charge in [0.2, 0.25) is 0 Å². The quantitative estimate of drug-likeness (QED) is 0.759. The van der Waals surface area contributed by atoms with Crippen molar-refractivity contribution in [1.82, 2.24) is 5.32 Å². The maximum Gasteiger partial charge on any atom is 0.119 e. The first kappa shape index (κ1) is 16.0. The van der Waals surface area contributed by atoms with E-state index < -0.39 is 6.10 Å². The highest BCUT2D eigenvalue weighted by Gasteiger charge is 2.08. The fourth-order valence-electron chi connectivity index (χ4n) is 2.14. The van der Waals surface area contributed by atoms with E-state index in [0.29, 0.717) is 19.2 Å². The Balaban J connectivity index is 2.31. The van der Waals surface area contributed by atoms with E-state index in [9.17, 15) is 5.11 Å². The number of ether oxygens (including phenoxy) is 1. The van der Waals surface area contributed by atoms with Gasteiger partial charge in [0.05, 0.1) is 0 Å². The van der Waals surface area contributed by atoms with Crippen LogP contribution in [0, 0.1) is 13.8 Å². The minimum absolute atomic E-state index is 0.328. The smallest absolute Gasteiger partial charge is 0.119 e. The molecule has 2 atom stereocenters. The SMILES string of the molecule is CCCC(C)NCC(O)COc1cc(C)cc(C)c1. The Hall–Kier alpha value is -1.06. The highest BCUT2D eigenvalue weighted by molar-refractivity contribution is 5.32. The van der Waals surface area contributed by atoms with Crippen molar-refractivity contribution in [1.29, 1.82) is 0 Å². The van der Waals surface area contributed by atoms with E-state index in [1.54, 1.807) is 0 Å². The molecule has 0 amide bonds. The number of aliphatic hydroxyl groups excluding tert-OH is 1. The van der Waals surface area contributed by atoms with Crippen LogP contribution in [0.15, 0.2) is 18.2 Å². The molecule has 0 saturated carbocycles. The van der Waals surface area contributed by atoms with Gasteiger partial charge in [-0.15, -0.1) is 0 Å². The molecule has 1 aromatic carbocycles. The van der Waals surface area contributed by atoms with Crippen LogP contribution in [0.1, 0.15) is 37.8 Å². The summed E-state index contributed by atoms with van der Waals surface area (Å²) in [7, 11) is 0. The zero-order valence-corrected chi connectivity index (χ0v) is 12.6. The van der Waals surface area contributed by atoms with Gasteiger partial charge in [0.15, 0.2) is 0 Å². The Morgan fingerprint density at radius 3 is 2.42 bits per heavy atom. The van der Waals surface area contributed by atoms with Gasteiger partial charge in [-0.2, -0.15) is 0 Å². The molecule has 0 radical (unpaired) electrons. The average molecular weight is 265 g/mol. The number of aryl methyl sites for hydroxylation is 2. The summed E-state index contributed by atoms with van der Waals surface area (Å²) in [6.07, 6.45) is 1.81. The number of hydrogen-bond acceptors (Lipinski definition) is 3. The lowest BCUT2D eigenvalue weighted by atomic mass is 10.1. The maximum atomic E-state index is 9.88. The van der Waals surface area contributed by atoms with Crippen molar-refractivity contribution in [2.24, 2.45) is 0 Å². The summed E-state index contributed by atoms with van der Waals surface area (Å²) < 4.78 is 5.63. The van der Waals surface area contributed by atoms with Crippen molar-refractivity contribution in [3.8, 4) is 5.75 Å². The van der Waals surface area contributed by atoms with Gasteiger partial charge in [-0.05, 0) is 50.5 Å². The lowest BCUT2D eigenvalue weighted by Crippen LogP contribution is -2.36. The summed E-state index contributed by atoms with van der Waals surface area (Å²) in [5.74, 6) is 0.832. The number of benzene rings is 1. The highest BCUT2D eigenvalue weighted by Crippen LogP contribution is 2.16. The van der Waals surface area contributed by atoms with Gasteiger partial charge >= 0.3 is 0 Å². The minimum Gasteiger partial charge on any atom is -0.491 e. The van der Waals surface area contributed by atoms with Crippen molar-refractivity contribution in [2.75, 3.05) is 13.2 Å². The maximum absolute atomic E-state index is 9.88. The van der Waals surface area contributed by atoms with E-state index in [1.807, 2.05) is 26.0 Å². The molecule has 108 valence electrons. The molecule has 0 heterocycles. The van der Waals surface area contributed by atoms with E-state index in [1.165, 1.54) is 11.1 Å². The lowest BCUT2D eigenvalue weighted by molar-refractivity contribution is 0.104. The zero-order chi connectivity index (χ0) is 14.3. The summed E-state index contributed by atoms with van der Waals surface area (Å²) in [6.45, 7) is 9.30. The largest absolute Gasteiger partial charge is 0.491 e. The number of aliphatic hydroxyl groups is 1. The average Bonchev–Trinajstić information content (AvgIpc) is 2.33. The Labute approximate surface area is 117 Å². The topological polar surface area (TPSA) is 41.5 Å². The molecular formula is C16H27NO2. The van der Waals surface area contributed by atoms with Gasteiger partial charge in [0.25, 0.3) is 0 Å². The molecule has 0 aliphatic rings. The third kappa shape index (κ3) is 6.60. The van der Waals surface area contributed by atoms with E-state index >= 15 is 0 Å². The van der Waals surface area contributed by atoms with Crippen LogP contribution in [0.5, 0.6) is 5.75 Å². The second-order valence-corrected chi connectivity index (χ2v) is 5.39. The summed E-state index contributed by atoms with van der Waals surface area (Å²) in [5.41, 5.74) is 2.36. The van der Waals surface area contributed by atoms with Crippen molar-refractivity contribution < 1.29 is 9.84 Å². The Morgan fingerprint density at radius 1 is 1.21 bits per heavy atom. The first-order valence-corrected chi connectivity index (χ1v) is 7.13. The van der Waals surface area contributed by atoms with Crippen LogP contribution in [0.3, 0.4) is 0 Å². The van der Waals surface area contributed by atoms with E-state index in [-0.39, 0.29) is 0 Å². The molecule has 3 heteroatoms. The molecular weight excluding hydrogens is 238 g/mol. The molecule has 1 aromatic rings. The van der Waals surface area contributed by atoms with Gasteiger partial charge in [0, 0.05) is 12.6 Å². The number of hydrogen-bond donors (Lipinski definition) is 2. The lowest BCUT2D eigenvalue weighted by Gasteiger charge is -2.17. The third-order valence-corrected chi connectivity index (χ3v) is 3.06. The third-order valence-electron chi connectivity index (χ3n) is 3.06. The Bertz CT molecular complexity index is 359. The molecule has 0 spiro atoms. The second-order valence-electron chi connectivity index (χ2n) is 5.39. The fraction of sp³-hybridized carbons (Fsp3) is 0.625. The molecule has 19 heavy (non-hydrogen) atoms. The van der Waals surface area contributed by atoms with E-state index in [0.717, 1.165) is 18.6 Å². The summed E-state index contributed by atoms with van der Waals surface area (Å²) in [5, 5.41) is 13.2. The molecule has 2 N–H and O–H groups in total. The molecule has 0 aromatic heterocycles. The van der Waals surface area contributed by atoms with Crippen LogP contribution < -0.4 is 10.1 Å². The molecule has 0 bridgehead atoms. The fourth-order valence-corrected chi connectivity index (χ4v) is 2.14.